The largest absolute Gasteiger partial charge is 0.451 e. The van der Waals surface area contributed by atoms with E-state index in [1.807, 2.05) is 26.0 Å². The topological polar surface area (TPSA) is 76.2 Å². The summed E-state index contributed by atoms with van der Waals surface area (Å²) in [5.41, 5.74) is 4.23. The number of aryl methyl sites for hydroxylation is 3. The van der Waals surface area contributed by atoms with Crippen molar-refractivity contribution >= 4 is 17.5 Å². The van der Waals surface area contributed by atoms with Gasteiger partial charge in [0.2, 0.25) is 5.78 Å². The zero-order valence-corrected chi connectivity index (χ0v) is 15.4. The molecule has 0 aliphatic heterocycles. The molecule has 1 aromatic carbocycles. The monoisotopic (exact) mass is 341 g/mol. The lowest BCUT2D eigenvalue weighted by Gasteiger charge is -2.13. The molecule has 0 aliphatic rings. The summed E-state index contributed by atoms with van der Waals surface area (Å²) in [7, 11) is 0. The number of aromatic nitrogens is 1. The molecule has 0 saturated heterocycles. The number of nitrogens with one attached hydrogen (secondary N) is 1. The second-order valence-electron chi connectivity index (χ2n) is 6.41. The Hall–Kier alpha value is -2.69. The number of ether oxygens (including phenoxy) is 1. The fraction of sp³-hybridized carbons (Fsp3) is 0.350. The van der Waals surface area contributed by atoms with Crippen molar-refractivity contribution in [3.8, 4) is 0 Å². The average molecular weight is 341 g/mol. The van der Waals surface area contributed by atoms with Gasteiger partial charge >= 0.3 is 5.97 Å². The lowest BCUT2D eigenvalue weighted by Crippen LogP contribution is -2.25. The van der Waals surface area contributed by atoms with Crippen LogP contribution in [0, 0.1) is 27.7 Å². The number of carbonyl (C=O) groups excluding carboxylic acids is 3. The number of rotatable bonds is 5. The summed E-state index contributed by atoms with van der Waals surface area (Å²) in [5.74, 6) is -0.994. The number of Topliss-reactive ketones (excluding diaryl/α,β-unsaturated/α-hetero) is 2. The number of hydrogen-bond donors (Lipinski definition) is 1. The second-order valence-corrected chi connectivity index (χ2v) is 6.41. The molecule has 0 radical (unpaired) electrons. The lowest BCUT2D eigenvalue weighted by atomic mass is 10.0. The van der Waals surface area contributed by atoms with Gasteiger partial charge in [0.1, 0.15) is 0 Å². The Balaban J connectivity index is 2.24. The van der Waals surface area contributed by atoms with Gasteiger partial charge in [-0.2, -0.15) is 0 Å². The molecule has 2 aromatic rings. The van der Waals surface area contributed by atoms with Crippen LogP contribution in [-0.4, -0.2) is 28.6 Å². The van der Waals surface area contributed by atoms with Crippen LogP contribution in [0.25, 0.3) is 0 Å². The Kier molecular flexibility index (Phi) is 5.26. The molecule has 5 nitrogen and oxygen atoms in total. The number of H-pyrrole nitrogens is 1. The van der Waals surface area contributed by atoms with Gasteiger partial charge in [-0.15, -0.1) is 0 Å². The lowest BCUT2D eigenvalue weighted by molar-refractivity contribution is 0.0316. The van der Waals surface area contributed by atoms with Gasteiger partial charge in [-0.05, 0) is 58.7 Å². The van der Waals surface area contributed by atoms with E-state index < -0.39 is 12.1 Å². The first kappa shape index (κ1) is 18.6. The predicted molar refractivity (Wildman–Crippen MR) is 95.4 cm³/mol. The van der Waals surface area contributed by atoms with E-state index in [1.54, 1.807) is 19.9 Å². The number of benzene rings is 1. The van der Waals surface area contributed by atoms with E-state index in [1.165, 1.54) is 13.8 Å². The highest BCUT2D eigenvalue weighted by atomic mass is 16.5. The Morgan fingerprint density at radius 1 is 1.08 bits per heavy atom. The molecule has 1 aromatic heterocycles. The van der Waals surface area contributed by atoms with Gasteiger partial charge in [-0.1, -0.05) is 17.7 Å². The minimum atomic E-state index is -0.955. The molecule has 0 spiro atoms. The highest BCUT2D eigenvalue weighted by Gasteiger charge is 2.26. The molecule has 1 N–H and O–H groups in total. The third kappa shape index (κ3) is 3.71. The van der Waals surface area contributed by atoms with Gasteiger partial charge in [-0.3, -0.25) is 9.59 Å². The molecule has 1 heterocycles. The van der Waals surface area contributed by atoms with Crippen molar-refractivity contribution in [2.24, 2.45) is 0 Å². The van der Waals surface area contributed by atoms with E-state index in [9.17, 15) is 14.4 Å². The Morgan fingerprint density at radius 3 is 2.28 bits per heavy atom. The molecule has 0 bridgehead atoms. The summed E-state index contributed by atoms with van der Waals surface area (Å²) < 4.78 is 5.36. The van der Waals surface area contributed by atoms with Gasteiger partial charge in [0.15, 0.2) is 11.9 Å². The van der Waals surface area contributed by atoms with E-state index in [0.29, 0.717) is 28.1 Å². The SMILES string of the molecule is CC(=O)c1c(C)[nH]c(C(=O)[C@@H](C)OC(=O)c2cc(C)ccc2C)c1C. The first-order valence-electron chi connectivity index (χ1n) is 8.16. The van der Waals surface area contributed by atoms with Crippen LogP contribution >= 0.6 is 0 Å². The quantitative estimate of drug-likeness (QED) is 0.661. The van der Waals surface area contributed by atoms with Crippen LogP contribution in [0.15, 0.2) is 18.2 Å². The Morgan fingerprint density at radius 2 is 1.72 bits per heavy atom. The van der Waals surface area contributed by atoms with E-state index >= 15 is 0 Å². The van der Waals surface area contributed by atoms with Crippen molar-refractivity contribution in [2.45, 2.75) is 47.6 Å². The predicted octanol–water partition coefficient (Wildman–Crippen LogP) is 3.88. The molecule has 2 rings (SSSR count). The van der Waals surface area contributed by atoms with Gasteiger partial charge in [0, 0.05) is 11.3 Å². The summed E-state index contributed by atoms with van der Waals surface area (Å²) in [4.78, 5) is 39.7. The van der Waals surface area contributed by atoms with Crippen molar-refractivity contribution in [2.75, 3.05) is 0 Å². The maximum Gasteiger partial charge on any atom is 0.339 e. The zero-order valence-electron chi connectivity index (χ0n) is 15.4. The van der Waals surface area contributed by atoms with Crippen LogP contribution in [0.5, 0.6) is 0 Å². The van der Waals surface area contributed by atoms with Crippen LogP contribution in [0.1, 0.15) is 67.4 Å². The maximum absolute atomic E-state index is 12.7. The number of esters is 1. The molecule has 132 valence electrons. The van der Waals surface area contributed by atoms with Gasteiger partial charge in [0.05, 0.1) is 11.3 Å². The van der Waals surface area contributed by atoms with E-state index in [-0.39, 0.29) is 11.6 Å². The molecule has 1 atom stereocenters. The molecular weight excluding hydrogens is 318 g/mol. The Bertz CT molecular complexity index is 861. The van der Waals surface area contributed by atoms with Crippen LogP contribution in [0.4, 0.5) is 0 Å². The summed E-state index contributed by atoms with van der Waals surface area (Å²) in [6, 6.07) is 5.50. The number of aromatic amines is 1. The third-order valence-corrected chi connectivity index (χ3v) is 4.30. The smallest absolute Gasteiger partial charge is 0.339 e. The maximum atomic E-state index is 12.7. The molecule has 0 aliphatic carbocycles. The number of ketones is 2. The van der Waals surface area contributed by atoms with Crippen molar-refractivity contribution in [3.63, 3.8) is 0 Å². The molecule has 0 fully saturated rings. The van der Waals surface area contributed by atoms with Crippen molar-refractivity contribution in [1.82, 2.24) is 4.98 Å². The van der Waals surface area contributed by atoms with Crippen LogP contribution in [0.2, 0.25) is 0 Å². The van der Waals surface area contributed by atoms with Gasteiger partial charge in [-0.25, -0.2) is 4.79 Å². The molecule has 5 heteroatoms. The van der Waals surface area contributed by atoms with Crippen molar-refractivity contribution in [3.05, 3.63) is 57.4 Å². The molecular formula is C20H23NO4. The van der Waals surface area contributed by atoms with Crippen LogP contribution in [-0.2, 0) is 4.74 Å². The van der Waals surface area contributed by atoms with Crippen molar-refractivity contribution < 1.29 is 19.1 Å². The van der Waals surface area contributed by atoms with Gasteiger partial charge in [0.25, 0.3) is 0 Å². The summed E-state index contributed by atoms with van der Waals surface area (Å²) in [6.45, 7) is 10.2. The van der Waals surface area contributed by atoms with E-state index in [4.69, 9.17) is 4.74 Å². The summed E-state index contributed by atoms with van der Waals surface area (Å²) >= 11 is 0. The highest BCUT2D eigenvalue weighted by molar-refractivity contribution is 6.05. The molecule has 0 unspecified atom stereocenters. The van der Waals surface area contributed by atoms with Crippen molar-refractivity contribution in [1.29, 1.82) is 0 Å². The number of hydrogen-bond acceptors (Lipinski definition) is 4. The minimum absolute atomic E-state index is 0.106. The zero-order chi connectivity index (χ0) is 18.9. The third-order valence-electron chi connectivity index (χ3n) is 4.30. The molecule has 0 amide bonds. The Labute approximate surface area is 147 Å². The first-order valence-corrected chi connectivity index (χ1v) is 8.16. The average Bonchev–Trinajstić information content (AvgIpc) is 2.83. The minimum Gasteiger partial charge on any atom is -0.451 e. The van der Waals surface area contributed by atoms with E-state index in [0.717, 1.165) is 11.1 Å². The first-order chi connectivity index (χ1) is 11.6. The van der Waals surface area contributed by atoms with Crippen LogP contribution < -0.4 is 0 Å². The fourth-order valence-electron chi connectivity index (χ4n) is 2.96. The molecule has 0 saturated carbocycles. The van der Waals surface area contributed by atoms with E-state index in [2.05, 4.69) is 4.98 Å². The second kappa shape index (κ2) is 7.05. The van der Waals surface area contributed by atoms with Crippen LogP contribution in [0.3, 0.4) is 0 Å². The normalized spacial score (nSPS) is 11.9. The highest BCUT2D eigenvalue weighted by Crippen LogP contribution is 2.21. The fourth-order valence-corrected chi connectivity index (χ4v) is 2.96. The summed E-state index contributed by atoms with van der Waals surface area (Å²) in [6.07, 6.45) is -0.955. The number of carbonyl (C=O) groups is 3. The van der Waals surface area contributed by atoms with Gasteiger partial charge < -0.3 is 9.72 Å². The molecule has 25 heavy (non-hydrogen) atoms. The summed E-state index contributed by atoms with van der Waals surface area (Å²) in [5, 5.41) is 0. The standard InChI is InChI=1S/C20H23NO4/c1-10-7-8-11(2)16(9-10)20(24)25-15(6)19(23)18-12(3)17(14(5)22)13(4)21-18/h7-9,15,21H,1-6H3/t15-/m1/s1.